The van der Waals surface area contributed by atoms with Gasteiger partial charge in [-0.2, -0.15) is 0 Å². The summed E-state index contributed by atoms with van der Waals surface area (Å²) >= 11 is 0. The van der Waals surface area contributed by atoms with Crippen LogP contribution in [0, 0.1) is 6.92 Å². The maximum Gasteiger partial charge on any atom is 0.119 e. The molecule has 2 heteroatoms. The number of aryl methyl sites for hydroxylation is 1. The van der Waals surface area contributed by atoms with Crippen molar-refractivity contribution in [1.82, 2.24) is 0 Å². The molecule has 1 atom stereocenters. The van der Waals surface area contributed by atoms with Crippen LogP contribution in [0.4, 0.5) is 0 Å². The van der Waals surface area contributed by atoms with E-state index in [1.54, 1.807) is 7.11 Å². The van der Waals surface area contributed by atoms with Crippen molar-refractivity contribution < 1.29 is 9.84 Å². The minimum atomic E-state index is -0.0694. The van der Waals surface area contributed by atoms with Crippen LogP contribution in [0.25, 0.3) is 0 Å². The van der Waals surface area contributed by atoms with Gasteiger partial charge in [-0.05, 0) is 36.6 Å². The molecule has 1 radical (unpaired) electrons. The van der Waals surface area contributed by atoms with Gasteiger partial charge in [0.05, 0.1) is 7.11 Å². The molecule has 14 heavy (non-hydrogen) atoms. The summed E-state index contributed by atoms with van der Waals surface area (Å²) in [6, 6.07) is 5.92. The first kappa shape index (κ1) is 11.1. The highest BCUT2D eigenvalue weighted by Crippen LogP contribution is 2.24. The molecule has 0 aliphatic heterocycles. The molecule has 77 valence electrons. The maximum atomic E-state index is 9.07. The monoisotopic (exact) mass is 193 g/mol. The molecule has 2 nitrogen and oxygen atoms in total. The molecule has 0 bridgehead atoms. The molecular formula is C12H17O2. The van der Waals surface area contributed by atoms with Gasteiger partial charge in [-0.3, -0.25) is 0 Å². The highest BCUT2D eigenvalue weighted by atomic mass is 16.5. The third-order valence-corrected chi connectivity index (χ3v) is 2.39. The van der Waals surface area contributed by atoms with Crippen molar-refractivity contribution in [2.75, 3.05) is 13.7 Å². The summed E-state index contributed by atoms with van der Waals surface area (Å²) in [7, 11) is 1.64. The number of ether oxygens (including phenoxy) is 1. The van der Waals surface area contributed by atoms with Crippen LogP contribution in [0.1, 0.15) is 24.0 Å². The van der Waals surface area contributed by atoms with E-state index < -0.39 is 0 Å². The van der Waals surface area contributed by atoms with E-state index in [-0.39, 0.29) is 12.5 Å². The van der Waals surface area contributed by atoms with Crippen LogP contribution >= 0.6 is 0 Å². The second-order valence-electron chi connectivity index (χ2n) is 3.30. The van der Waals surface area contributed by atoms with Crippen molar-refractivity contribution in [2.24, 2.45) is 0 Å². The Morgan fingerprint density at radius 1 is 1.50 bits per heavy atom. The molecule has 1 N–H and O–H groups in total. The normalized spacial score (nSPS) is 12.6. The predicted octanol–water partition coefficient (Wildman–Crippen LogP) is 2.17. The largest absolute Gasteiger partial charge is 0.497 e. The van der Waals surface area contributed by atoms with Crippen molar-refractivity contribution in [2.45, 2.75) is 19.3 Å². The van der Waals surface area contributed by atoms with Gasteiger partial charge < -0.3 is 9.84 Å². The number of hydrogen-bond acceptors (Lipinski definition) is 2. The van der Waals surface area contributed by atoms with Crippen molar-refractivity contribution in [3.05, 3.63) is 36.2 Å². The van der Waals surface area contributed by atoms with E-state index in [2.05, 4.69) is 13.8 Å². The fourth-order valence-corrected chi connectivity index (χ4v) is 1.50. The second kappa shape index (κ2) is 5.01. The lowest BCUT2D eigenvalue weighted by Gasteiger charge is -2.14. The zero-order chi connectivity index (χ0) is 10.6. The van der Waals surface area contributed by atoms with E-state index in [9.17, 15) is 0 Å². The Kier molecular flexibility index (Phi) is 3.96. The Morgan fingerprint density at radius 3 is 2.71 bits per heavy atom. The number of rotatable bonds is 4. The molecule has 0 fully saturated rings. The number of methoxy groups -OCH3 is 1. The van der Waals surface area contributed by atoms with E-state index >= 15 is 0 Å². The summed E-state index contributed by atoms with van der Waals surface area (Å²) in [5.74, 6) is 0.749. The van der Waals surface area contributed by atoms with Crippen LogP contribution in [-0.4, -0.2) is 18.8 Å². The standard InChI is InChI=1S/C12H17O2/c1-4-10-5-6-11(14-3)7-12(10)9(2)8-13/h5-7,9,13H,2,4,8H2,1,3H3. The second-order valence-corrected chi connectivity index (χ2v) is 3.30. The molecule has 1 rings (SSSR count). The van der Waals surface area contributed by atoms with Crippen molar-refractivity contribution in [3.8, 4) is 5.75 Å². The quantitative estimate of drug-likeness (QED) is 0.794. The summed E-state index contributed by atoms with van der Waals surface area (Å²) in [4.78, 5) is 0. The van der Waals surface area contributed by atoms with Gasteiger partial charge in [0.1, 0.15) is 5.75 Å². The van der Waals surface area contributed by atoms with Crippen molar-refractivity contribution >= 4 is 0 Å². The van der Waals surface area contributed by atoms with Crippen LogP contribution < -0.4 is 4.74 Å². The fourth-order valence-electron chi connectivity index (χ4n) is 1.50. The van der Waals surface area contributed by atoms with Gasteiger partial charge in [0, 0.05) is 12.5 Å². The van der Waals surface area contributed by atoms with Gasteiger partial charge >= 0.3 is 0 Å². The first-order chi connectivity index (χ1) is 6.72. The molecule has 1 unspecified atom stereocenters. The Balaban J connectivity index is 3.08. The molecule has 0 aromatic heterocycles. The zero-order valence-corrected chi connectivity index (χ0v) is 8.79. The lowest BCUT2D eigenvalue weighted by molar-refractivity contribution is 0.282. The molecular weight excluding hydrogens is 176 g/mol. The van der Waals surface area contributed by atoms with E-state index in [1.807, 2.05) is 18.2 Å². The zero-order valence-electron chi connectivity index (χ0n) is 8.79. The number of aliphatic hydroxyl groups is 1. The lowest BCUT2D eigenvalue weighted by Crippen LogP contribution is -2.03. The van der Waals surface area contributed by atoms with Crippen molar-refractivity contribution in [1.29, 1.82) is 0 Å². The van der Waals surface area contributed by atoms with Gasteiger partial charge in [-0.25, -0.2) is 0 Å². The molecule has 0 saturated heterocycles. The third kappa shape index (κ3) is 2.26. The van der Waals surface area contributed by atoms with Gasteiger partial charge in [-0.15, -0.1) is 0 Å². The first-order valence-corrected chi connectivity index (χ1v) is 4.83. The van der Waals surface area contributed by atoms with Gasteiger partial charge in [0.15, 0.2) is 0 Å². The average Bonchev–Trinajstić information content (AvgIpc) is 2.27. The lowest BCUT2D eigenvalue weighted by atomic mass is 9.95. The fraction of sp³-hybridized carbons (Fsp3) is 0.417. The molecule has 1 aromatic rings. The van der Waals surface area contributed by atoms with Crippen LogP contribution in [0.5, 0.6) is 5.75 Å². The van der Waals surface area contributed by atoms with E-state index in [0.29, 0.717) is 0 Å². The Labute approximate surface area is 85.5 Å². The van der Waals surface area contributed by atoms with Crippen molar-refractivity contribution in [3.63, 3.8) is 0 Å². The maximum absolute atomic E-state index is 9.07. The van der Waals surface area contributed by atoms with E-state index in [0.717, 1.165) is 17.7 Å². The topological polar surface area (TPSA) is 29.5 Å². The number of hydrogen-bond donors (Lipinski definition) is 1. The highest BCUT2D eigenvalue weighted by molar-refractivity contribution is 5.38. The third-order valence-electron chi connectivity index (χ3n) is 2.39. The summed E-state index contributed by atoms with van der Waals surface area (Å²) in [5.41, 5.74) is 2.30. The summed E-state index contributed by atoms with van der Waals surface area (Å²) < 4.78 is 5.14. The van der Waals surface area contributed by atoms with E-state index in [1.165, 1.54) is 5.56 Å². The Bertz CT molecular complexity index is 294. The first-order valence-electron chi connectivity index (χ1n) is 4.83. The minimum Gasteiger partial charge on any atom is -0.497 e. The molecule has 0 saturated carbocycles. The van der Waals surface area contributed by atoms with Gasteiger partial charge in [0.25, 0.3) is 0 Å². The summed E-state index contributed by atoms with van der Waals surface area (Å²) in [6.07, 6.45) is 0.950. The molecule has 0 aliphatic carbocycles. The highest BCUT2D eigenvalue weighted by Gasteiger charge is 2.09. The smallest absolute Gasteiger partial charge is 0.119 e. The van der Waals surface area contributed by atoms with Crippen LogP contribution in [-0.2, 0) is 6.42 Å². The van der Waals surface area contributed by atoms with Crippen LogP contribution in [0.15, 0.2) is 18.2 Å². The summed E-state index contributed by atoms with van der Waals surface area (Å²) in [5, 5.41) is 9.07. The van der Waals surface area contributed by atoms with Gasteiger partial charge in [0.2, 0.25) is 0 Å². The predicted molar refractivity (Wildman–Crippen MR) is 57.6 cm³/mol. The van der Waals surface area contributed by atoms with Crippen LogP contribution in [0.3, 0.4) is 0 Å². The molecule has 0 spiro atoms. The van der Waals surface area contributed by atoms with E-state index in [4.69, 9.17) is 9.84 Å². The molecule has 0 heterocycles. The molecule has 0 aliphatic rings. The SMILES string of the molecule is [CH2]C(CO)c1cc(OC)ccc1CC. The molecule has 0 amide bonds. The number of aliphatic hydroxyl groups excluding tert-OH is 1. The minimum absolute atomic E-state index is 0.0694. The Morgan fingerprint density at radius 2 is 2.21 bits per heavy atom. The molecule has 1 aromatic carbocycles. The Hall–Kier alpha value is -1.02. The number of benzene rings is 1. The average molecular weight is 193 g/mol. The van der Waals surface area contributed by atoms with Gasteiger partial charge in [-0.1, -0.05) is 13.0 Å². The van der Waals surface area contributed by atoms with Crippen LogP contribution in [0.2, 0.25) is 0 Å². The summed E-state index contributed by atoms with van der Waals surface area (Å²) in [6.45, 7) is 6.07.